The van der Waals surface area contributed by atoms with Crippen molar-refractivity contribution in [1.29, 1.82) is 0 Å². The van der Waals surface area contributed by atoms with E-state index in [1.165, 1.54) is 0 Å². The third-order valence-electron chi connectivity index (χ3n) is 4.46. The Labute approximate surface area is 143 Å². The van der Waals surface area contributed by atoms with Gasteiger partial charge in [-0.2, -0.15) is 13.2 Å². The number of hydrogen-bond donors (Lipinski definition) is 1. The molecule has 8 heteroatoms. The zero-order chi connectivity index (χ0) is 18.8. The molecule has 1 heterocycles. The molecule has 1 saturated heterocycles. The van der Waals surface area contributed by atoms with Crippen molar-refractivity contribution >= 4 is 11.9 Å². The topological polar surface area (TPSA) is 66.8 Å². The number of nitrogens with zero attached hydrogens (tertiary/aromatic N) is 1. The highest BCUT2D eigenvalue weighted by Gasteiger charge is 2.64. The molecule has 1 amide bonds. The maximum absolute atomic E-state index is 13.1. The normalized spacial score (nSPS) is 20.8. The number of hydrogen-bond acceptors (Lipinski definition) is 3. The van der Waals surface area contributed by atoms with Gasteiger partial charge >= 0.3 is 12.1 Å². The van der Waals surface area contributed by atoms with E-state index in [2.05, 4.69) is 0 Å². The highest BCUT2D eigenvalue weighted by atomic mass is 19.4. The van der Waals surface area contributed by atoms with E-state index in [0.717, 1.165) is 10.5 Å². The molecule has 25 heavy (non-hydrogen) atoms. The van der Waals surface area contributed by atoms with Crippen molar-refractivity contribution < 1.29 is 32.6 Å². The number of rotatable bonds is 5. The van der Waals surface area contributed by atoms with Crippen LogP contribution in [0.2, 0.25) is 0 Å². The van der Waals surface area contributed by atoms with Gasteiger partial charge in [-0.05, 0) is 30.0 Å². The maximum atomic E-state index is 13.1. The first-order chi connectivity index (χ1) is 11.6. The number of halogens is 3. The number of alkyl halides is 3. The molecule has 0 aromatic heterocycles. The summed E-state index contributed by atoms with van der Waals surface area (Å²) in [7, 11) is 0. The lowest BCUT2D eigenvalue weighted by Crippen LogP contribution is -2.48. The molecule has 1 aliphatic heterocycles. The molecular weight excluding hydrogens is 339 g/mol. The lowest BCUT2D eigenvalue weighted by atomic mass is 9.86. The van der Waals surface area contributed by atoms with E-state index < -0.39 is 43.0 Å². The average molecular weight is 359 g/mol. The number of benzene rings is 1. The van der Waals surface area contributed by atoms with Gasteiger partial charge in [0.25, 0.3) is 5.91 Å². The molecule has 0 aliphatic carbocycles. The fourth-order valence-corrected chi connectivity index (χ4v) is 2.75. The van der Waals surface area contributed by atoms with Crippen LogP contribution in [-0.2, 0) is 9.59 Å². The number of ether oxygens (including phenoxy) is 1. The average Bonchev–Trinajstić information content (AvgIpc) is 2.99. The van der Waals surface area contributed by atoms with E-state index in [4.69, 9.17) is 9.84 Å². The van der Waals surface area contributed by atoms with Crippen LogP contribution in [-0.4, -0.2) is 47.8 Å². The van der Waals surface area contributed by atoms with Gasteiger partial charge in [0.2, 0.25) is 0 Å². The SMILES string of the molecule is CC(C)c1cccc(OCC(=O)N2CCC(C(=O)O)(C(F)(F)F)C2)c1. The van der Waals surface area contributed by atoms with Gasteiger partial charge in [-0.25, -0.2) is 0 Å². The van der Waals surface area contributed by atoms with E-state index in [9.17, 15) is 22.8 Å². The lowest BCUT2D eigenvalue weighted by molar-refractivity contribution is -0.227. The zero-order valence-corrected chi connectivity index (χ0v) is 14.0. The largest absolute Gasteiger partial charge is 0.484 e. The van der Waals surface area contributed by atoms with Gasteiger partial charge < -0.3 is 14.7 Å². The summed E-state index contributed by atoms with van der Waals surface area (Å²) < 4.78 is 44.7. The number of aliphatic carboxylic acids is 1. The number of amides is 1. The van der Waals surface area contributed by atoms with E-state index in [0.29, 0.717) is 5.75 Å². The summed E-state index contributed by atoms with van der Waals surface area (Å²) in [6.07, 6.45) is -5.57. The van der Waals surface area contributed by atoms with Crippen molar-refractivity contribution in [3.05, 3.63) is 29.8 Å². The third-order valence-corrected chi connectivity index (χ3v) is 4.46. The number of likely N-dealkylation sites (tertiary alicyclic amines) is 1. The molecule has 0 spiro atoms. The lowest BCUT2D eigenvalue weighted by Gasteiger charge is -2.27. The summed E-state index contributed by atoms with van der Waals surface area (Å²) in [5.74, 6) is -1.91. The van der Waals surface area contributed by atoms with Crippen LogP contribution in [0.4, 0.5) is 13.2 Å². The van der Waals surface area contributed by atoms with E-state index in [1.807, 2.05) is 19.9 Å². The Morgan fingerprint density at radius 1 is 1.36 bits per heavy atom. The molecule has 1 atom stereocenters. The minimum atomic E-state index is -4.92. The first-order valence-electron chi connectivity index (χ1n) is 7.87. The van der Waals surface area contributed by atoms with Gasteiger partial charge in [-0.1, -0.05) is 26.0 Å². The molecule has 1 aromatic carbocycles. The van der Waals surface area contributed by atoms with E-state index in [1.54, 1.807) is 18.2 Å². The first-order valence-corrected chi connectivity index (χ1v) is 7.87. The minimum Gasteiger partial charge on any atom is -0.484 e. The summed E-state index contributed by atoms with van der Waals surface area (Å²) in [4.78, 5) is 24.1. The quantitative estimate of drug-likeness (QED) is 0.878. The summed E-state index contributed by atoms with van der Waals surface area (Å²) >= 11 is 0. The van der Waals surface area contributed by atoms with Crippen LogP contribution in [0.1, 0.15) is 31.7 Å². The molecular formula is C17H20F3NO4. The van der Waals surface area contributed by atoms with Crippen molar-refractivity contribution in [3.63, 3.8) is 0 Å². The Hall–Kier alpha value is -2.25. The Bertz CT molecular complexity index is 660. The molecule has 1 aliphatic rings. The molecule has 1 N–H and O–H groups in total. The van der Waals surface area contributed by atoms with Crippen molar-refractivity contribution in [3.8, 4) is 5.75 Å². The van der Waals surface area contributed by atoms with Gasteiger partial charge in [0.05, 0.1) is 0 Å². The Morgan fingerprint density at radius 2 is 2.04 bits per heavy atom. The van der Waals surface area contributed by atoms with Crippen molar-refractivity contribution in [2.45, 2.75) is 32.4 Å². The van der Waals surface area contributed by atoms with Crippen LogP contribution in [0.25, 0.3) is 0 Å². The molecule has 0 bridgehead atoms. The smallest absolute Gasteiger partial charge is 0.406 e. The summed E-state index contributed by atoms with van der Waals surface area (Å²) in [5.41, 5.74) is -1.90. The fraction of sp³-hybridized carbons (Fsp3) is 0.529. The molecule has 1 fully saturated rings. The molecule has 2 rings (SSSR count). The van der Waals surface area contributed by atoms with E-state index in [-0.39, 0.29) is 12.5 Å². The number of carboxylic acid groups (broad SMARTS) is 1. The van der Waals surface area contributed by atoms with Gasteiger partial charge in [0, 0.05) is 13.1 Å². The van der Waals surface area contributed by atoms with Crippen LogP contribution < -0.4 is 4.74 Å². The van der Waals surface area contributed by atoms with E-state index >= 15 is 0 Å². The first kappa shape index (κ1) is 19.1. The third kappa shape index (κ3) is 3.88. The number of carbonyl (C=O) groups excluding carboxylic acids is 1. The second-order valence-corrected chi connectivity index (χ2v) is 6.47. The van der Waals surface area contributed by atoms with Crippen molar-refractivity contribution in [2.75, 3.05) is 19.7 Å². The van der Waals surface area contributed by atoms with Crippen LogP contribution in [0.5, 0.6) is 5.75 Å². The Morgan fingerprint density at radius 3 is 2.56 bits per heavy atom. The van der Waals surface area contributed by atoms with Crippen LogP contribution in [0, 0.1) is 5.41 Å². The molecule has 0 saturated carbocycles. The van der Waals surface area contributed by atoms with Crippen molar-refractivity contribution in [2.24, 2.45) is 5.41 Å². The standard InChI is InChI=1S/C17H20F3NO4/c1-11(2)12-4-3-5-13(8-12)25-9-14(22)21-7-6-16(10-21,15(23)24)17(18,19)20/h3-5,8,11H,6-7,9-10H2,1-2H3,(H,23,24). The number of carboxylic acids is 1. The minimum absolute atomic E-state index is 0.264. The van der Waals surface area contributed by atoms with Crippen LogP contribution >= 0.6 is 0 Å². The molecule has 1 aromatic rings. The Balaban J connectivity index is 2.01. The van der Waals surface area contributed by atoms with Crippen molar-refractivity contribution in [1.82, 2.24) is 4.90 Å². The molecule has 1 unspecified atom stereocenters. The van der Waals surface area contributed by atoms with Gasteiger partial charge in [-0.3, -0.25) is 9.59 Å². The predicted molar refractivity (Wildman–Crippen MR) is 83.3 cm³/mol. The molecule has 5 nitrogen and oxygen atoms in total. The second-order valence-electron chi connectivity index (χ2n) is 6.47. The summed E-state index contributed by atoms with van der Waals surface area (Å²) in [6, 6.07) is 7.09. The Kier molecular flexibility index (Phi) is 5.29. The fourth-order valence-electron chi connectivity index (χ4n) is 2.75. The van der Waals surface area contributed by atoms with Gasteiger partial charge in [-0.15, -0.1) is 0 Å². The monoisotopic (exact) mass is 359 g/mol. The molecule has 0 radical (unpaired) electrons. The summed E-state index contributed by atoms with van der Waals surface area (Å²) in [6.45, 7) is 2.41. The zero-order valence-electron chi connectivity index (χ0n) is 14.0. The van der Waals surface area contributed by atoms with Gasteiger partial charge in [0.15, 0.2) is 12.0 Å². The van der Waals surface area contributed by atoms with Crippen LogP contribution in [0.15, 0.2) is 24.3 Å². The highest BCUT2D eigenvalue weighted by Crippen LogP contribution is 2.45. The highest BCUT2D eigenvalue weighted by molar-refractivity contribution is 5.82. The number of carbonyl (C=O) groups is 2. The molecule has 138 valence electrons. The predicted octanol–water partition coefficient (Wildman–Crippen LogP) is 3.05. The second kappa shape index (κ2) is 6.93. The van der Waals surface area contributed by atoms with Crippen LogP contribution in [0.3, 0.4) is 0 Å². The maximum Gasteiger partial charge on any atom is 0.406 e. The summed E-state index contributed by atoms with van der Waals surface area (Å²) in [5, 5.41) is 9.00. The van der Waals surface area contributed by atoms with Gasteiger partial charge in [0.1, 0.15) is 5.75 Å².